The van der Waals surface area contributed by atoms with Crippen LogP contribution >= 0.6 is 11.6 Å². The van der Waals surface area contributed by atoms with Gasteiger partial charge < -0.3 is 20.3 Å². The number of carbonyl (C=O) groups is 1. The number of hydrogen-bond donors (Lipinski definition) is 3. The molecule has 0 aliphatic rings. The van der Waals surface area contributed by atoms with E-state index in [-0.39, 0.29) is 24.1 Å². The molecule has 5 nitrogen and oxygen atoms in total. The van der Waals surface area contributed by atoms with E-state index in [1.165, 1.54) is 6.07 Å². The average Bonchev–Trinajstić information content (AvgIpc) is 2.85. The van der Waals surface area contributed by atoms with Crippen molar-refractivity contribution in [2.45, 2.75) is 65.2 Å². The van der Waals surface area contributed by atoms with E-state index in [2.05, 4.69) is 11.4 Å². The van der Waals surface area contributed by atoms with E-state index < -0.39 is 17.6 Å². The molecule has 3 rings (SSSR count). The third-order valence-corrected chi connectivity index (χ3v) is 7.04. The fourth-order valence-electron chi connectivity index (χ4n) is 4.68. The summed E-state index contributed by atoms with van der Waals surface area (Å²) >= 11 is 5.85. The van der Waals surface area contributed by atoms with Crippen LogP contribution in [-0.4, -0.2) is 41.0 Å². The monoisotopic (exact) mass is 541 g/mol. The highest BCUT2D eigenvalue weighted by molar-refractivity contribution is 6.30. The standard InChI is InChI=1S/C31H37ClFNO4/c1-19-12-24(30(36)37)13-20(2)28(19)14-22-8-6-7-9-27(22)21(3)38-18-26(35)17-34-31(4,5)16-23-10-11-25(32)15-29(23)33/h6-13,15,21,26,34-35H,14,16-18H2,1-5H3,(H,36,37)/t21?,26-/m1/s1. The normalized spacial score (nSPS) is 13.4. The molecule has 3 N–H and O–H groups in total. The van der Waals surface area contributed by atoms with E-state index in [4.69, 9.17) is 16.3 Å². The molecule has 0 saturated heterocycles. The van der Waals surface area contributed by atoms with Crippen molar-refractivity contribution in [2.75, 3.05) is 13.2 Å². The lowest BCUT2D eigenvalue weighted by atomic mass is 9.91. The molecule has 0 aromatic heterocycles. The summed E-state index contributed by atoms with van der Waals surface area (Å²) in [5.41, 5.74) is 5.49. The van der Waals surface area contributed by atoms with E-state index in [0.29, 0.717) is 30.0 Å². The zero-order chi connectivity index (χ0) is 28.0. The molecule has 3 aromatic rings. The number of β-amino-alcohol motifs (C(OH)–C–C–N with tert-alkyl or cyclic N) is 1. The third-order valence-electron chi connectivity index (χ3n) is 6.81. The largest absolute Gasteiger partial charge is 0.478 e. The number of hydrogen-bond acceptors (Lipinski definition) is 4. The highest BCUT2D eigenvalue weighted by Gasteiger charge is 2.22. The van der Waals surface area contributed by atoms with Gasteiger partial charge >= 0.3 is 5.97 Å². The van der Waals surface area contributed by atoms with E-state index >= 15 is 0 Å². The summed E-state index contributed by atoms with van der Waals surface area (Å²) < 4.78 is 20.3. The summed E-state index contributed by atoms with van der Waals surface area (Å²) in [5, 5.41) is 23.6. The molecular formula is C31H37ClFNO4. The summed E-state index contributed by atoms with van der Waals surface area (Å²) in [5.74, 6) is -1.27. The van der Waals surface area contributed by atoms with Crippen LogP contribution in [0.2, 0.25) is 5.02 Å². The number of ether oxygens (including phenoxy) is 1. The molecule has 204 valence electrons. The first-order valence-electron chi connectivity index (χ1n) is 12.8. The van der Waals surface area contributed by atoms with Gasteiger partial charge in [-0.05, 0) is 105 Å². The van der Waals surface area contributed by atoms with Crippen molar-refractivity contribution in [3.05, 3.63) is 104 Å². The number of nitrogens with one attached hydrogen (secondary N) is 1. The number of carboxylic acid groups (broad SMARTS) is 1. The van der Waals surface area contributed by atoms with Gasteiger partial charge in [0.25, 0.3) is 0 Å². The van der Waals surface area contributed by atoms with Crippen LogP contribution in [-0.2, 0) is 17.6 Å². The van der Waals surface area contributed by atoms with Crippen molar-refractivity contribution in [3.8, 4) is 0 Å². The third kappa shape index (κ3) is 8.11. The first kappa shape index (κ1) is 29.8. The average molecular weight is 542 g/mol. The molecule has 0 spiro atoms. The van der Waals surface area contributed by atoms with Crippen LogP contribution in [0.4, 0.5) is 4.39 Å². The first-order chi connectivity index (χ1) is 17.9. The van der Waals surface area contributed by atoms with Crippen molar-refractivity contribution in [1.29, 1.82) is 0 Å². The topological polar surface area (TPSA) is 78.8 Å². The second kappa shape index (κ2) is 12.9. The van der Waals surface area contributed by atoms with E-state index in [1.54, 1.807) is 24.3 Å². The van der Waals surface area contributed by atoms with Crippen molar-refractivity contribution in [2.24, 2.45) is 0 Å². The number of aromatic carboxylic acids is 1. The lowest BCUT2D eigenvalue weighted by molar-refractivity contribution is -0.00446. The SMILES string of the molecule is Cc1cc(C(=O)O)cc(C)c1Cc1ccccc1C(C)OC[C@H](O)CNC(C)(C)Cc1ccc(Cl)cc1F. The van der Waals surface area contributed by atoms with Crippen molar-refractivity contribution in [3.63, 3.8) is 0 Å². The van der Waals surface area contributed by atoms with Gasteiger partial charge in [-0.3, -0.25) is 0 Å². The fraction of sp³-hybridized carbons (Fsp3) is 0.387. The number of halogens is 2. The lowest BCUT2D eigenvalue weighted by Gasteiger charge is -2.28. The minimum absolute atomic E-state index is 0.138. The van der Waals surface area contributed by atoms with Crippen molar-refractivity contribution in [1.82, 2.24) is 5.32 Å². The Morgan fingerprint density at radius 1 is 1.08 bits per heavy atom. The summed E-state index contributed by atoms with van der Waals surface area (Å²) in [6.07, 6.45) is 0.101. The van der Waals surface area contributed by atoms with Crippen LogP contribution in [0.15, 0.2) is 54.6 Å². The predicted molar refractivity (Wildman–Crippen MR) is 150 cm³/mol. The van der Waals surface area contributed by atoms with Gasteiger partial charge in [0.15, 0.2) is 0 Å². The Balaban J connectivity index is 1.59. The zero-order valence-electron chi connectivity index (χ0n) is 22.6. The number of aryl methyl sites for hydroxylation is 2. The minimum atomic E-state index is -0.932. The Kier molecular flexibility index (Phi) is 10.1. The highest BCUT2D eigenvalue weighted by Crippen LogP contribution is 2.27. The molecule has 0 bridgehead atoms. The smallest absolute Gasteiger partial charge is 0.335 e. The van der Waals surface area contributed by atoms with E-state index in [1.807, 2.05) is 52.8 Å². The molecule has 3 aromatic carbocycles. The number of aliphatic hydroxyl groups is 1. The molecule has 0 saturated carbocycles. The first-order valence-corrected chi connectivity index (χ1v) is 13.1. The van der Waals surface area contributed by atoms with Crippen LogP contribution in [0.25, 0.3) is 0 Å². The van der Waals surface area contributed by atoms with Crippen LogP contribution in [0.5, 0.6) is 0 Å². The molecule has 0 aliphatic carbocycles. The molecule has 1 unspecified atom stereocenters. The summed E-state index contributed by atoms with van der Waals surface area (Å²) in [4.78, 5) is 11.4. The Morgan fingerprint density at radius 2 is 1.74 bits per heavy atom. The van der Waals surface area contributed by atoms with Crippen molar-refractivity contribution >= 4 is 17.6 Å². The maximum absolute atomic E-state index is 14.2. The van der Waals surface area contributed by atoms with Gasteiger partial charge in [-0.25, -0.2) is 9.18 Å². The van der Waals surface area contributed by atoms with E-state index in [9.17, 15) is 19.4 Å². The quantitative estimate of drug-likeness (QED) is 0.246. The fourth-order valence-corrected chi connectivity index (χ4v) is 4.84. The van der Waals surface area contributed by atoms with Crippen LogP contribution in [0, 0.1) is 19.7 Å². The Morgan fingerprint density at radius 3 is 2.37 bits per heavy atom. The van der Waals surface area contributed by atoms with Crippen LogP contribution < -0.4 is 5.32 Å². The van der Waals surface area contributed by atoms with Crippen LogP contribution in [0.1, 0.15) is 70.6 Å². The Labute approximate surface area is 229 Å². The predicted octanol–water partition coefficient (Wildman–Crippen LogP) is 6.43. The number of carboxylic acids is 1. The molecule has 2 atom stereocenters. The van der Waals surface area contributed by atoms with E-state index in [0.717, 1.165) is 27.8 Å². The molecule has 0 heterocycles. The number of rotatable bonds is 12. The van der Waals surface area contributed by atoms with Crippen molar-refractivity contribution < 1.29 is 24.1 Å². The van der Waals surface area contributed by atoms with Gasteiger partial charge in [-0.1, -0.05) is 41.9 Å². The Hall–Kier alpha value is -2.77. The minimum Gasteiger partial charge on any atom is -0.478 e. The molecule has 0 radical (unpaired) electrons. The maximum Gasteiger partial charge on any atom is 0.335 e. The van der Waals surface area contributed by atoms with Crippen LogP contribution in [0.3, 0.4) is 0 Å². The molecule has 7 heteroatoms. The summed E-state index contributed by atoms with van der Waals surface area (Å²) in [7, 11) is 0. The molecule has 0 aliphatic heterocycles. The zero-order valence-corrected chi connectivity index (χ0v) is 23.4. The molecular weight excluding hydrogens is 505 g/mol. The maximum atomic E-state index is 14.2. The second-order valence-electron chi connectivity index (χ2n) is 10.6. The van der Waals surface area contributed by atoms with Gasteiger partial charge in [-0.15, -0.1) is 0 Å². The molecule has 38 heavy (non-hydrogen) atoms. The number of aliphatic hydroxyl groups excluding tert-OH is 1. The molecule has 0 amide bonds. The highest BCUT2D eigenvalue weighted by atomic mass is 35.5. The Bertz CT molecular complexity index is 1250. The summed E-state index contributed by atoms with van der Waals surface area (Å²) in [6.45, 7) is 10.2. The van der Waals surface area contributed by atoms with Gasteiger partial charge in [-0.2, -0.15) is 0 Å². The second-order valence-corrected chi connectivity index (χ2v) is 11.0. The van der Waals surface area contributed by atoms with Gasteiger partial charge in [0.1, 0.15) is 5.82 Å². The summed E-state index contributed by atoms with van der Waals surface area (Å²) in [6, 6.07) is 16.1. The lowest BCUT2D eigenvalue weighted by Crippen LogP contribution is -2.46. The molecule has 0 fully saturated rings. The van der Waals surface area contributed by atoms with Gasteiger partial charge in [0.2, 0.25) is 0 Å². The van der Waals surface area contributed by atoms with Gasteiger partial charge in [0.05, 0.1) is 24.4 Å². The van der Waals surface area contributed by atoms with Gasteiger partial charge in [0, 0.05) is 17.1 Å². The number of benzene rings is 3.